The number of Topliss-reactive ketones (excluding diaryl/α,β-unsaturated/α-hetero) is 1. The summed E-state index contributed by atoms with van der Waals surface area (Å²) in [6.45, 7) is 11.7. The molecule has 2 unspecified atom stereocenters. The van der Waals surface area contributed by atoms with Crippen molar-refractivity contribution in [3.8, 4) is 0 Å². The number of likely N-dealkylation sites (N-methyl/N-ethyl adjacent to an activating group) is 2. The van der Waals surface area contributed by atoms with E-state index >= 15 is 0 Å². The Balaban J connectivity index is 1.19. The Hall–Kier alpha value is -2.17. The van der Waals surface area contributed by atoms with Crippen molar-refractivity contribution in [2.75, 3.05) is 119 Å². The standard InChI is InChI=1S/C33H59N5O9/c1-3-36-15-13-35(2)14-16-37(19-20-38(18-17-36)26-31(40)41)25-28(39)9-8-21-43-23-24-44-22-12-34-33(42)45-27-32-46-29-10-6-4-5-7-11-30(29)47-32/h4-5,29-30,32H,3,6-27H2,1-2H3,(H,34,42)(H,40,41)/b5-4+/t29-,30?,32?/m0/s1. The van der Waals surface area contributed by atoms with Crippen LogP contribution in [0.5, 0.6) is 0 Å². The van der Waals surface area contributed by atoms with Gasteiger partial charge >= 0.3 is 12.1 Å². The van der Waals surface area contributed by atoms with Crippen LogP contribution in [0, 0.1) is 0 Å². The van der Waals surface area contributed by atoms with Gasteiger partial charge in [0.1, 0.15) is 12.4 Å². The molecule has 1 aliphatic carbocycles. The lowest BCUT2D eigenvalue weighted by Crippen LogP contribution is -2.47. The highest BCUT2D eigenvalue weighted by molar-refractivity contribution is 5.80. The second-order valence-corrected chi connectivity index (χ2v) is 12.5. The molecule has 2 N–H and O–H groups in total. The molecule has 0 aromatic carbocycles. The molecule has 270 valence electrons. The molecule has 2 fully saturated rings. The van der Waals surface area contributed by atoms with Gasteiger partial charge in [0.05, 0.1) is 45.1 Å². The van der Waals surface area contributed by atoms with Crippen molar-refractivity contribution in [1.29, 1.82) is 0 Å². The second kappa shape index (κ2) is 23.2. The van der Waals surface area contributed by atoms with E-state index in [-0.39, 0.29) is 31.1 Å². The average molecular weight is 670 g/mol. The van der Waals surface area contributed by atoms with Crippen molar-refractivity contribution in [3.63, 3.8) is 0 Å². The lowest BCUT2D eigenvalue weighted by molar-refractivity contribution is -0.138. The van der Waals surface area contributed by atoms with Crippen LogP contribution >= 0.6 is 0 Å². The lowest BCUT2D eigenvalue weighted by Gasteiger charge is -2.32. The van der Waals surface area contributed by atoms with Gasteiger partial charge in [0.2, 0.25) is 0 Å². The number of carboxylic acid groups (broad SMARTS) is 1. The fourth-order valence-electron chi connectivity index (χ4n) is 5.84. The fraction of sp³-hybridized carbons (Fsp3) is 0.848. The number of amides is 1. The Labute approximate surface area is 280 Å². The van der Waals surface area contributed by atoms with Gasteiger partial charge in [0, 0.05) is 71.9 Å². The number of fused-ring (bicyclic) bond motifs is 1. The molecule has 2 aliphatic heterocycles. The van der Waals surface area contributed by atoms with Crippen LogP contribution in [0.4, 0.5) is 4.79 Å². The molecule has 14 nitrogen and oxygen atoms in total. The van der Waals surface area contributed by atoms with Gasteiger partial charge in [-0.3, -0.25) is 19.4 Å². The zero-order chi connectivity index (χ0) is 33.7. The quantitative estimate of drug-likeness (QED) is 0.170. The third-order valence-electron chi connectivity index (χ3n) is 8.72. The van der Waals surface area contributed by atoms with Gasteiger partial charge in [-0.1, -0.05) is 19.1 Å². The molecule has 0 spiro atoms. The Morgan fingerprint density at radius 1 is 0.809 bits per heavy atom. The van der Waals surface area contributed by atoms with Gasteiger partial charge in [-0.2, -0.15) is 0 Å². The van der Waals surface area contributed by atoms with Crippen molar-refractivity contribution in [3.05, 3.63) is 12.2 Å². The van der Waals surface area contributed by atoms with Crippen molar-refractivity contribution in [2.45, 2.75) is 63.9 Å². The molecule has 0 radical (unpaired) electrons. The van der Waals surface area contributed by atoms with Crippen LogP contribution in [0.2, 0.25) is 0 Å². The molecule has 1 amide bonds. The van der Waals surface area contributed by atoms with E-state index in [0.717, 1.165) is 65.0 Å². The normalized spacial score (nSPS) is 25.1. The second-order valence-electron chi connectivity index (χ2n) is 12.5. The summed E-state index contributed by atoms with van der Waals surface area (Å²) in [6.07, 6.45) is 8.24. The first-order valence-corrected chi connectivity index (χ1v) is 17.4. The van der Waals surface area contributed by atoms with Gasteiger partial charge < -0.3 is 43.9 Å². The number of carbonyl (C=O) groups is 3. The average Bonchev–Trinajstić information content (AvgIpc) is 3.41. The number of alkyl carbamates (subject to hydrolysis) is 1. The highest BCUT2D eigenvalue weighted by Crippen LogP contribution is 2.28. The third-order valence-corrected chi connectivity index (χ3v) is 8.72. The monoisotopic (exact) mass is 669 g/mol. The molecule has 0 aromatic rings. The Morgan fingerprint density at radius 2 is 1.38 bits per heavy atom. The zero-order valence-electron chi connectivity index (χ0n) is 28.7. The number of carboxylic acids is 1. The number of rotatable bonds is 17. The summed E-state index contributed by atoms with van der Waals surface area (Å²) in [6, 6.07) is 0. The minimum Gasteiger partial charge on any atom is -0.480 e. The topological polar surface area (TPSA) is 143 Å². The molecule has 3 aliphatic rings. The number of allylic oxidation sites excluding steroid dienone is 2. The molecule has 3 rings (SSSR count). The number of ether oxygens (including phenoxy) is 5. The van der Waals surface area contributed by atoms with E-state index in [0.29, 0.717) is 72.0 Å². The van der Waals surface area contributed by atoms with Gasteiger partial charge in [-0.05, 0) is 45.7 Å². The summed E-state index contributed by atoms with van der Waals surface area (Å²) in [5.41, 5.74) is 0. The zero-order valence-corrected chi connectivity index (χ0v) is 28.7. The SMILES string of the molecule is CCN1CCN(C)CCN(CC(=O)CCCOCCOCCNC(=O)OCC2OC3CC/C=C/CC[C@@H]3O2)CCN(CC(=O)O)CC1. The summed E-state index contributed by atoms with van der Waals surface area (Å²) < 4.78 is 28.2. The third kappa shape index (κ3) is 17.2. The first-order valence-electron chi connectivity index (χ1n) is 17.4. The first-order chi connectivity index (χ1) is 22.8. The molecule has 2 heterocycles. The molecule has 3 atom stereocenters. The molecule has 0 saturated carbocycles. The number of nitrogens with zero attached hydrogens (tertiary/aromatic N) is 4. The number of nitrogens with one attached hydrogen (secondary N) is 1. The van der Waals surface area contributed by atoms with Crippen molar-refractivity contribution >= 4 is 17.8 Å². The number of aliphatic carboxylic acids is 1. The molecule has 0 bridgehead atoms. The number of carbonyl (C=O) groups excluding carboxylic acids is 2. The van der Waals surface area contributed by atoms with Crippen LogP contribution in [-0.4, -0.2) is 180 Å². The smallest absolute Gasteiger partial charge is 0.407 e. The predicted molar refractivity (Wildman–Crippen MR) is 176 cm³/mol. The summed E-state index contributed by atoms with van der Waals surface area (Å²) in [4.78, 5) is 44.9. The fourth-order valence-corrected chi connectivity index (χ4v) is 5.84. The Kier molecular flexibility index (Phi) is 19.4. The predicted octanol–water partition coefficient (Wildman–Crippen LogP) is 1.29. The number of ketones is 1. The van der Waals surface area contributed by atoms with E-state index in [1.54, 1.807) is 0 Å². The molecular weight excluding hydrogens is 610 g/mol. The Morgan fingerprint density at radius 3 is 2.02 bits per heavy atom. The van der Waals surface area contributed by atoms with E-state index in [9.17, 15) is 19.5 Å². The minimum atomic E-state index is -0.827. The molecule has 0 aromatic heterocycles. The van der Waals surface area contributed by atoms with Gasteiger partial charge in [0.15, 0.2) is 6.29 Å². The maximum atomic E-state index is 12.8. The highest BCUT2D eigenvalue weighted by atomic mass is 16.7. The van der Waals surface area contributed by atoms with E-state index < -0.39 is 18.4 Å². The maximum Gasteiger partial charge on any atom is 0.407 e. The van der Waals surface area contributed by atoms with E-state index in [1.165, 1.54) is 0 Å². The number of hydrogen-bond donors (Lipinski definition) is 2. The molecule has 14 heteroatoms. The number of hydrogen-bond acceptors (Lipinski definition) is 12. The molecule has 2 saturated heterocycles. The lowest BCUT2D eigenvalue weighted by atomic mass is 10.0. The summed E-state index contributed by atoms with van der Waals surface area (Å²) >= 11 is 0. The Bertz CT molecular complexity index is 924. The van der Waals surface area contributed by atoms with Crippen LogP contribution in [0.15, 0.2) is 12.2 Å². The van der Waals surface area contributed by atoms with Crippen molar-refractivity contribution in [1.82, 2.24) is 24.9 Å². The van der Waals surface area contributed by atoms with E-state index in [1.807, 2.05) is 4.90 Å². The van der Waals surface area contributed by atoms with Crippen molar-refractivity contribution in [2.24, 2.45) is 0 Å². The van der Waals surface area contributed by atoms with E-state index in [2.05, 4.69) is 46.1 Å². The van der Waals surface area contributed by atoms with Gasteiger partial charge in [-0.25, -0.2) is 4.79 Å². The highest BCUT2D eigenvalue weighted by Gasteiger charge is 2.36. The van der Waals surface area contributed by atoms with Crippen LogP contribution in [0.1, 0.15) is 45.4 Å². The van der Waals surface area contributed by atoms with Crippen molar-refractivity contribution < 1.29 is 43.2 Å². The van der Waals surface area contributed by atoms with Gasteiger partial charge in [0.25, 0.3) is 0 Å². The van der Waals surface area contributed by atoms with Crippen LogP contribution in [-0.2, 0) is 33.3 Å². The van der Waals surface area contributed by atoms with Gasteiger partial charge in [-0.15, -0.1) is 0 Å². The maximum absolute atomic E-state index is 12.8. The van der Waals surface area contributed by atoms with E-state index in [4.69, 9.17) is 23.7 Å². The first kappa shape index (κ1) is 39.3. The van der Waals surface area contributed by atoms with Crippen LogP contribution < -0.4 is 5.32 Å². The van der Waals surface area contributed by atoms with Crippen LogP contribution in [0.3, 0.4) is 0 Å². The largest absolute Gasteiger partial charge is 0.480 e. The molecular formula is C33H59N5O9. The summed E-state index contributed by atoms with van der Waals surface area (Å²) in [5, 5.41) is 12.0. The summed E-state index contributed by atoms with van der Waals surface area (Å²) in [7, 11) is 2.11. The van der Waals surface area contributed by atoms with Crippen LogP contribution in [0.25, 0.3) is 0 Å². The minimum absolute atomic E-state index is 0.00847. The summed E-state index contributed by atoms with van der Waals surface area (Å²) in [5.74, 6) is -0.668. The molecule has 47 heavy (non-hydrogen) atoms.